The maximum atomic E-state index is 12.8. The molecule has 0 heterocycles. The van der Waals surface area contributed by atoms with Gasteiger partial charge in [0.15, 0.2) is 28.7 Å². The predicted octanol–water partition coefficient (Wildman–Crippen LogP) is 6.98. The minimum absolute atomic E-state index is 0.0294. The van der Waals surface area contributed by atoms with Crippen LogP contribution in [-0.4, -0.2) is 34.8 Å². The Morgan fingerprint density at radius 2 is 1.58 bits per heavy atom. The number of allylic oxidation sites excluding steroid dienone is 1. The van der Waals surface area contributed by atoms with Crippen LogP contribution in [0.25, 0.3) is 0 Å². The molecule has 1 aliphatic rings. The van der Waals surface area contributed by atoms with Gasteiger partial charge in [-0.3, -0.25) is 9.59 Å². The van der Waals surface area contributed by atoms with Gasteiger partial charge in [0.05, 0.1) is 11.7 Å². The van der Waals surface area contributed by atoms with Crippen LogP contribution in [0.2, 0.25) is 36.3 Å². The number of aldehydes is 1. The zero-order chi connectivity index (χ0) is 27.4. The first-order valence-electron chi connectivity index (χ1n) is 12.6. The highest BCUT2D eigenvalue weighted by molar-refractivity contribution is 6.74. The van der Waals surface area contributed by atoms with Crippen LogP contribution in [0, 0.1) is 23.7 Å². The number of Topliss-reactive ketones (excluding diaryl/α,β-unsaturated/α-hetero) is 1. The first-order chi connectivity index (χ1) is 16.5. The lowest BCUT2D eigenvalue weighted by Crippen LogP contribution is -2.44. The summed E-state index contributed by atoms with van der Waals surface area (Å²) in [6, 6.07) is 7.59. The standard InChI is InChI=1S/C30H42O4Si2/c1-29(2,3)35(7,8)33-25-18-19-27(32)24(22-25)17-20-28(34-36(9,10)30(4,5)6)26-16-12-11-14-23(26)15-13-21-31/h11-12,14,16,21-22,25,28H,18-19H2,1-10H3. The van der Waals surface area contributed by atoms with Crippen molar-refractivity contribution in [1.82, 2.24) is 0 Å². The molecule has 0 radical (unpaired) electrons. The van der Waals surface area contributed by atoms with Crippen molar-refractivity contribution in [1.29, 1.82) is 0 Å². The molecular formula is C30H42O4Si2. The zero-order valence-corrected chi connectivity index (χ0v) is 25.7. The van der Waals surface area contributed by atoms with Crippen LogP contribution in [-0.2, 0) is 18.4 Å². The van der Waals surface area contributed by atoms with Crippen LogP contribution < -0.4 is 0 Å². The third-order valence-corrected chi connectivity index (χ3v) is 16.6. The summed E-state index contributed by atoms with van der Waals surface area (Å²) in [7, 11) is -4.20. The Hall–Kier alpha value is -2.23. The van der Waals surface area contributed by atoms with E-state index < -0.39 is 22.7 Å². The fourth-order valence-electron chi connectivity index (χ4n) is 3.26. The number of hydrogen-bond donors (Lipinski definition) is 0. The second kappa shape index (κ2) is 11.4. The van der Waals surface area contributed by atoms with E-state index in [2.05, 4.69) is 91.4 Å². The second-order valence-corrected chi connectivity index (χ2v) is 22.0. The fourth-order valence-corrected chi connectivity index (χ4v) is 5.69. The highest BCUT2D eigenvalue weighted by Crippen LogP contribution is 2.40. The quantitative estimate of drug-likeness (QED) is 0.238. The zero-order valence-electron chi connectivity index (χ0n) is 23.7. The van der Waals surface area contributed by atoms with Crippen molar-refractivity contribution in [2.24, 2.45) is 0 Å². The van der Waals surface area contributed by atoms with Crippen molar-refractivity contribution in [3.05, 3.63) is 47.0 Å². The molecule has 0 N–H and O–H groups in total. The minimum Gasteiger partial charge on any atom is -0.410 e. The number of ketones is 1. The van der Waals surface area contributed by atoms with E-state index in [4.69, 9.17) is 8.85 Å². The molecule has 0 saturated heterocycles. The summed E-state index contributed by atoms with van der Waals surface area (Å²) in [4.78, 5) is 23.7. The van der Waals surface area contributed by atoms with Crippen LogP contribution in [0.4, 0.5) is 0 Å². The third-order valence-electron chi connectivity index (χ3n) is 7.63. The van der Waals surface area contributed by atoms with Crippen molar-refractivity contribution >= 4 is 28.7 Å². The highest BCUT2D eigenvalue weighted by atomic mass is 28.4. The van der Waals surface area contributed by atoms with E-state index in [0.717, 1.165) is 5.56 Å². The minimum atomic E-state index is -2.22. The lowest BCUT2D eigenvalue weighted by atomic mass is 9.96. The summed E-state index contributed by atoms with van der Waals surface area (Å²) in [5.74, 6) is 11.9. The molecule has 2 unspecified atom stereocenters. The van der Waals surface area contributed by atoms with Gasteiger partial charge in [0.2, 0.25) is 0 Å². The van der Waals surface area contributed by atoms with E-state index in [9.17, 15) is 9.59 Å². The van der Waals surface area contributed by atoms with Gasteiger partial charge in [-0.2, -0.15) is 0 Å². The Labute approximate surface area is 220 Å². The van der Waals surface area contributed by atoms with Crippen molar-refractivity contribution < 1.29 is 18.4 Å². The first kappa shape index (κ1) is 30.0. The van der Waals surface area contributed by atoms with Crippen molar-refractivity contribution in [3.63, 3.8) is 0 Å². The van der Waals surface area contributed by atoms with E-state index in [0.29, 0.717) is 30.3 Å². The van der Waals surface area contributed by atoms with Crippen LogP contribution in [0.1, 0.15) is 71.6 Å². The molecule has 0 bridgehead atoms. The highest BCUT2D eigenvalue weighted by Gasteiger charge is 2.40. The second-order valence-electron chi connectivity index (χ2n) is 12.5. The monoisotopic (exact) mass is 522 g/mol. The van der Waals surface area contributed by atoms with Gasteiger partial charge in [-0.15, -0.1) is 0 Å². The van der Waals surface area contributed by atoms with Crippen LogP contribution >= 0.6 is 0 Å². The van der Waals surface area contributed by atoms with Crippen molar-refractivity contribution in [2.75, 3.05) is 0 Å². The molecule has 36 heavy (non-hydrogen) atoms. The summed E-state index contributed by atoms with van der Waals surface area (Å²) in [6.45, 7) is 22.0. The molecule has 6 heteroatoms. The Morgan fingerprint density at radius 3 is 2.17 bits per heavy atom. The largest absolute Gasteiger partial charge is 0.410 e. The van der Waals surface area contributed by atoms with Gasteiger partial charge in [-0.1, -0.05) is 77.5 Å². The average Bonchev–Trinajstić information content (AvgIpc) is 2.75. The van der Waals surface area contributed by atoms with E-state index in [1.807, 2.05) is 30.3 Å². The van der Waals surface area contributed by atoms with Gasteiger partial charge in [0.1, 0.15) is 6.10 Å². The SMILES string of the molecule is CC(C)(C)[Si](C)(C)OC1C=C(C#CC(O[Si](C)(C)C(C)(C)C)c2ccccc2C#CC=O)C(=O)CC1. The molecule has 0 fully saturated rings. The number of carbonyl (C=O) groups is 2. The van der Waals surface area contributed by atoms with Gasteiger partial charge in [-0.05, 0) is 60.7 Å². The van der Waals surface area contributed by atoms with Crippen LogP contribution in [0.3, 0.4) is 0 Å². The van der Waals surface area contributed by atoms with Gasteiger partial charge in [-0.25, -0.2) is 0 Å². The first-order valence-corrected chi connectivity index (χ1v) is 18.5. The van der Waals surface area contributed by atoms with Crippen molar-refractivity contribution in [2.45, 2.75) is 103 Å². The van der Waals surface area contributed by atoms with Gasteiger partial charge >= 0.3 is 0 Å². The number of benzene rings is 1. The lowest BCUT2D eigenvalue weighted by Gasteiger charge is -2.39. The molecule has 0 aliphatic heterocycles. The molecule has 1 aromatic carbocycles. The maximum Gasteiger partial charge on any atom is 0.194 e. The summed E-state index contributed by atoms with van der Waals surface area (Å²) in [5.41, 5.74) is 2.00. The van der Waals surface area contributed by atoms with Gasteiger partial charge in [0, 0.05) is 17.5 Å². The summed E-state index contributed by atoms with van der Waals surface area (Å²) in [5, 5.41) is 0.0564. The fraction of sp³-hybridized carbons (Fsp3) is 0.533. The number of hydrogen-bond acceptors (Lipinski definition) is 4. The molecule has 2 rings (SSSR count). The molecule has 0 aromatic heterocycles. The number of rotatable bonds is 5. The average molecular weight is 523 g/mol. The van der Waals surface area contributed by atoms with Gasteiger partial charge in [0.25, 0.3) is 0 Å². The normalized spacial score (nSPS) is 17.8. The Morgan fingerprint density at radius 1 is 0.972 bits per heavy atom. The molecule has 1 aliphatic carbocycles. The van der Waals surface area contributed by atoms with Crippen molar-refractivity contribution in [3.8, 4) is 23.7 Å². The van der Waals surface area contributed by atoms with Gasteiger partial charge < -0.3 is 8.85 Å². The third kappa shape index (κ3) is 7.64. The molecule has 0 spiro atoms. The summed E-state index contributed by atoms with van der Waals surface area (Å²) < 4.78 is 13.3. The predicted molar refractivity (Wildman–Crippen MR) is 153 cm³/mol. The van der Waals surface area contributed by atoms with E-state index in [1.54, 1.807) is 0 Å². The summed E-state index contributed by atoms with van der Waals surface area (Å²) in [6.07, 6.45) is 2.91. The van der Waals surface area contributed by atoms with E-state index in [-0.39, 0.29) is 22.0 Å². The Kier molecular flexibility index (Phi) is 9.54. The smallest absolute Gasteiger partial charge is 0.194 e. The molecule has 0 saturated carbocycles. The molecular weight excluding hydrogens is 480 g/mol. The molecule has 0 amide bonds. The van der Waals surface area contributed by atoms with E-state index in [1.165, 1.54) is 0 Å². The molecule has 1 aromatic rings. The Balaban J connectivity index is 2.52. The lowest BCUT2D eigenvalue weighted by molar-refractivity contribution is -0.116. The summed E-state index contributed by atoms with van der Waals surface area (Å²) >= 11 is 0. The topological polar surface area (TPSA) is 52.6 Å². The molecule has 4 nitrogen and oxygen atoms in total. The van der Waals surface area contributed by atoms with Crippen LogP contribution in [0.5, 0.6) is 0 Å². The Bertz CT molecular complexity index is 1130. The van der Waals surface area contributed by atoms with E-state index >= 15 is 0 Å². The molecule has 2 atom stereocenters. The number of carbonyl (C=O) groups excluding carboxylic acids is 2. The maximum absolute atomic E-state index is 12.8. The molecule has 194 valence electrons. The van der Waals surface area contributed by atoms with Crippen LogP contribution in [0.15, 0.2) is 35.9 Å².